The van der Waals surface area contributed by atoms with Gasteiger partial charge in [-0.25, -0.2) is 4.39 Å². The fraction of sp³-hybridized carbons (Fsp3) is 0.250. The van der Waals surface area contributed by atoms with Gasteiger partial charge in [-0.05, 0) is 35.1 Å². The molecule has 0 spiro atoms. The number of rotatable bonds is 1. The highest BCUT2D eigenvalue weighted by Crippen LogP contribution is 2.23. The van der Waals surface area contributed by atoms with Crippen LogP contribution in [0.5, 0.6) is 0 Å². The summed E-state index contributed by atoms with van der Waals surface area (Å²) in [5.74, 6) is 0. The van der Waals surface area contributed by atoms with E-state index in [9.17, 15) is 4.39 Å². The molecule has 1 unspecified atom stereocenters. The summed E-state index contributed by atoms with van der Waals surface area (Å²) >= 11 is 1.75. The Bertz CT molecular complexity index is 203. The lowest BCUT2D eigenvalue weighted by atomic mass is 10.2. The number of halogens is 2. The third-order valence-electron chi connectivity index (χ3n) is 1.33. The molecule has 0 bridgehead atoms. The molecule has 0 aliphatic rings. The molecule has 0 saturated carbocycles. The predicted molar refractivity (Wildman–Crippen MR) is 49.0 cm³/mol. The Hall–Kier alpha value is -0.120. The van der Waals surface area contributed by atoms with E-state index in [-0.39, 0.29) is 0 Å². The second-order valence-corrected chi connectivity index (χ2v) is 3.31. The van der Waals surface area contributed by atoms with Gasteiger partial charge in [-0.3, -0.25) is 0 Å². The van der Waals surface area contributed by atoms with Crippen molar-refractivity contribution in [2.24, 2.45) is 0 Å². The van der Waals surface area contributed by atoms with E-state index in [1.807, 2.05) is 31.2 Å². The van der Waals surface area contributed by atoms with E-state index in [4.69, 9.17) is 0 Å². The van der Waals surface area contributed by atoms with Crippen molar-refractivity contribution in [2.75, 3.05) is 0 Å². The molecule has 54 valence electrons. The van der Waals surface area contributed by atoms with E-state index in [2.05, 4.69) is 0 Å². The van der Waals surface area contributed by atoms with Crippen molar-refractivity contribution >= 4 is 22.6 Å². The van der Waals surface area contributed by atoms with Crippen LogP contribution in [0, 0.1) is 6.92 Å². The second kappa shape index (κ2) is 3.32. The Balaban J connectivity index is 2.89. The highest BCUT2D eigenvalue weighted by molar-refractivity contribution is 14.1. The standard InChI is InChI=1S/C8H8FI/c1-6-2-4-7(5-3-6)8(9)10/h2-5,8H,1H3. The third kappa shape index (κ3) is 1.94. The highest BCUT2D eigenvalue weighted by Gasteiger charge is 2.01. The molecule has 0 amide bonds. The maximum Gasteiger partial charge on any atom is 0.176 e. The summed E-state index contributed by atoms with van der Waals surface area (Å²) in [7, 11) is 0. The van der Waals surface area contributed by atoms with Gasteiger partial charge < -0.3 is 0 Å². The van der Waals surface area contributed by atoms with E-state index in [1.165, 1.54) is 5.56 Å². The molecule has 0 fully saturated rings. The molecule has 2 heteroatoms. The van der Waals surface area contributed by atoms with Crippen LogP contribution >= 0.6 is 22.6 Å². The molecule has 1 aromatic rings. The minimum absolute atomic E-state index is 0.742. The summed E-state index contributed by atoms with van der Waals surface area (Å²) in [4.78, 5) is 0. The minimum Gasteiger partial charge on any atom is -0.231 e. The zero-order valence-corrected chi connectivity index (χ0v) is 7.80. The number of benzene rings is 1. The maximum atomic E-state index is 12.6. The monoisotopic (exact) mass is 250 g/mol. The van der Waals surface area contributed by atoms with Gasteiger partial charge in [-0.2, -0.15) is 0 Å². The first-order valence-corrected chi connectivity index (χ1v) is 4.29. The van der Waals surface area contributed by atoms with Gasteiger partial charge in [-0.15, -0.1) is 0 Å². The van der Waals surface area contributed by atoms with E-state index < -0.39 is 4.18 Å². The third-order valence-corrected chi connectivity index (χ3v) is 2.05. The first-order valence-electron chi connectivity index (χ1n) is 3.05. The van der Waals surface area contributed by atoms with Crippen LogP contribution in [0.25, 0.3) is 0 Å². The van der Waals surface area contributed by atoms with Gasteiger partial charge in [0.1, 0.15) is 0 Å². The van der Waals surface area contributed by atoms with Crippen LogP contribution in [-0.4, -0.2) is 0 Å². The average Bonchev–Trinajstić information content (AvgIpc) is 1.88. The van der Waals surface area contributed by atoms with Gasteiger partial charge in [-0.1, -0.05) is 29.8 Å². The Kier molecular flexibility index (Phi) is 2.65. The van der Waals surface area contributed by atoms with Crippen LogP contribution in [0.15, 0.2) is 24.3 Å². The van der Waals surface area contributed by atoms with Crippen LogP contribution in [0.1, 0.15) is 15.3 Å². The van der Waals surface area contributed by atoms with Gasteiger partial charge in [0.25, 0.3) is 0 Å². The van der Waals surface area contributed by atoms with Crippen LogP contribution in [0.2, 0.25) is 0 Å². The molecule has 0 aromatic heterocycles. The summed E-state index contributed by atoms with van der Waals surface area (Å²) in [5, 5.41) is 0. The Labute approximate surface area is 73.6 Å². The van der Waals surface area contributed by atoms with Gasteiger partial charge >= 0.3 is 0 Å². The molecule has 0 N–H and O–H groups in total. The highest BCUT2D eigenvalue weighted by atomic mass is 127. The van der Waals surface area contributed by atoms with E-state index in [0.29, 0.717) is 0 Å². The van der Waals surface area contributed by atoms with Crippen molar-refractivity contribution in [3.8, 4) is 0 Å². The maximum absolute atomic E-state index is 12.6. The van der Waals surface area contributed by atoms with Crippen molar-refractivity contribution in [1.82, 2.24) is 0 Å². The molecule has 0 nitrogen and oxygen atoms in total. The summed E-state index contributed by atoms with van der Waals surface area (Å²) in [6, 6.07) is 7.46. The van der Waals surface area contributed by atoms with Crippen LogP contribution in [0.3, 0.4) is 0 Å². The minimum atomic E-state index is -0.877. The molecular weight excluding hydrogens is 242 g/mol. The predicted octanol–water partition coefficient (Wildman–Crippen LogP) is 3.40. The lowest BCUT2D eigenvalue weighted by Crippen LogP contribution is -1.80. The first kappa shape index (κ1) is 7.98. The SMILES string of the molecule is Cc1ccc(C(F)I)cc1. The fourth-order valence-corrected chi connectivity index (χ4v) is 1.13. The molecule has 0 saturated heterocycles. The smallest absolute Gasteiger partial charge is 0.176 e. The molecule has 0 radical (unpaired) electrons. The van der Waals surface area contributed by atoms with Gasteiger partial charge in [0, 0.05) is 0 Å². The zero-order chi connectivity index (χ0) is 7.56. The molecular formula is C8H8FI. The topological polar surface area (TPSA) is 0 Å². The first-order chi connectivity index (χ1) is 4.70. The largest absolute Gasteiger partial charge is 0.231 e. The van der Waals surface area contributed by atoms with Crippen molar-refractivity contribution in [2.45, 2.75) is 11.1 Å². The quantitative estimate of drug-likeness (QED) is 0.529. The van der Waals surface area contributed by atoms with Crippen molar-refractivity contribution in [1.29, 1.82) is 0 Å². The zero-order valence-electron chi connectivity index (χ0n) is 5.64. The molecule has 0 aliphatic heterocycles. The number of aryl methyl sites for hydroxylation is 1. The molecule has 0 heterocycles. The van der Waals surface area contributed by atoms with Gasteiger partial charge in [0.05, 0.1) is 0 Å². The summed E-state index contributed by atoms with van der Waals surface area (Å²) in [5.41, 5.74) is 1.91. The Morgan fingerprint density at radius 1 is 1.30 bits per heavy atom. The van der Waals surface area contributed by atoms with Crippen molar-refractivity contribution in [3.63, 3.8) is 0 Å². The molecule has 1 atom stereocenters. The normalized spacial score (nSPS) is 13.1. The summed E-state index contributed by atoms with van der Waals surface area (Å²) < 4.78 is 11.7. The van der Waals surface area contributed by atoms with Crippen LogP contribution < -0.4 is 0 Å². The van der Waals surface area contributed by atoms with Crippen molar-refractivity contribution in [3.05, 3.63) is 35.4 Å². The molecule has 1 rings (SSSR count). The number of alkyl halides is 2. The number of hydrogen-bond acceptors (Lipinski definition) is 0. The van der Waals surface area contributed by atoms with Crippen LogP contribution in [-0.2, 0) is 0 Å². The fourth-order valence-electron chi connectivity index (χ4n) is 0.712. The van der Waals surface area contributed by atoms with Gasteiger partial charge in [0.15, 0.2) is 4.18 Å². The lowest BCUT2D eigenvalue weighted by Gasteiger charge is -1.99. The summed E-state index contributed by atoms with van der Waals surface area (Å²) in [6.45, 7) is 1.99. The van der Waals surface area contributed by atoms with E-state index >= 15 is 0 Å². The Morgan fingerprint density at radius 3 is 2.20 bits per heavy atom. The van der Waals surface area contributed by atoms with E-state index in [0.717, 1.165) is 5.56 Å². The lowest BCUT2D eigenvalue weighted by molar-refractivity contribution is 0.490. The summed E-state index contributed by atoms with van der Waals surface area (Å²) in [6.07, 6.45) is 0. The van der Waals surface area contributed by atoms with E-state index in [1.54, 1.807) is 22.6 Å². The molecule has 0 aliphatic carbocycles. The van der Waals surface area contributed by atoms with Crippen LogP contribution in [0.4, 0.5) is 4.39 Å². The molecule has 1 aromatic carbocycles. The van der Waals surface area contributed by atoms with Gasteiger partial charge in [0.2, 0.25) is 0 Å². The Morgan fingerprint density at radius 2 is 1.80 bits per heavy atom. The number of hydrogen-bond donors (Lipinski definition) is 0. The van der Waals surface area contributed by atoms with Crippen molar-refractivity contribution < 1.29 is 4.39 Å². The molecule has 10 heavy (non-hydrogen) atoms. The average molecular weight is 250 g/mol. The second-order valence-electron chi connectivity index (χ2n) is 2.21.